The van der Waals surface area contributed by atoms with Gasteiger partial charge < -0.3 is 5.11 Å². The van der Waals surface area contributed by atoms with E-state index in [1.807, 2.05) is 0 Å². The topological polar surface area (TPSA) is 37.3 Å². The van der Waals surface area contributed by atoms with Crippen molar-refractivity contribution in [3.63, 3.8) is 0 Å². The summed E-state index contributed by atoms with van der Waals surface area (Å²) >= 11 is 0. The molecule has 2 nitrogen and oxygen atoms in total. The Hall–Kier alpha value is -1.05. The Bertz CT molecular complexity index is 314. The van der Waals surface area contributed by atoms with Crippen LogP contribution in [0, 0.1) is 23.7 Å². The highest BCUT2D eigenvalue weighted by Gasteiger charge is 2.52. The summed E-state index contributed by atoms with van der Waals surface area (Å²) in [4.78, 5) is 11.4. The molecule has 3 rings (SSSR count). The van der Waals surface area contributed by atoms with E-state index in [-0.39, 0.29) is 17.6 Å². The summed E-state index contributed by atoms with van der Waals surface area (Å²) < 4.78 is 0. The van der Waals surface area contributed by atoms with E-state index >= 15 is 0 Å². The summed E-state index contributed by atoms with van der Waals surface area (Å²) in [5.74, 6) is 1.51. The summed E-state index contributed by atoms with van der Waals surface area (Å²) in [5.41, 5.74) is 0. The second-order valence-electron chi connectivity index (χ2n) is 3.97. The van der Waals surface area contributed by atoms with E-state index in [1.165, 1.54) is 6.08 Å². The highest BCUT2D eigenvalue weighted by molar-refractivity contribution is 5.96. The second-order valence-corrected chi connectivity index (χ2v) is 3.97. The van der Waals surface area contributed by atoms with Gasteiger partial charge in [0.2, 0.25) is 0 Å². The maximum Gasteiger partial charge on any atom is 0.163 e. The highest BCUT2D eigenvalue weighted by atomic mass is 16.3. The molecular formula is C10H10O2. The monoisotopic (exact) mass is 162 g/mol. The Balaban J connectivity index is 2.09. The third-order valence-corrected chi connectivity index (χ3v) is 3.42. The predicted octanol–water partition coefficient (Wildman–Crippen LogP) is 1.45. The van der Waals surface area contributed by atoms with E-state index in [2.05, 4.69) is 12.2 Å². The van der Waals surface area contributed by atoms with Crippen molar-refractivity contribution >= 4 is 5.78 Å². The van der Waals surface area contributed by atoms with Crippen LogP contribution in [0.4, 0.5) is 0 Å². The quantitative estimate of drug-likeness (QED) is 0.547. The Morgan fingerprint density at radius 1 is 1.25 bits per heavy atom. The van der Waals surface area contributed by atoms with Gasteiger partial charge >= 0.3 is 0 Å². The van der Waals surface area contributed by atoms with Crippen molar-refractivity contribution in [2.24, 2.45) is 23.7 Å². The van der Waals surface area contributed by atoms with Crippen LogP contribution in [0.1, 0.15) is 6.42 Å². The molecule has 1 fully saturated rings. The Labute approximate surface area is 70.6 Å². The molecule has 0 amide bonds. The summed E-state index contributed by atoms with van der Waals surface area (Å²) in [6.45, 7) is 0. The molecule has 2 heteroatoms. The largest absolute Gasteiger partial charge is 0.512 e. The third-order valence-electron chi connectivity index (χ3n) is 3.42. The van der Waals surface area contributed by atoms with Crippen LogP contribution in [0.2, 0.25) is 0 Å². The normalized spacial score (nSPS) is 48.3. The molecule has 0 spiro atoms. The van der Waals surface area contributed by atoms with E-state index < -0.39 is 0 Å². The zero-order valence-electron chi connectivity index (χ0n) is 6.60. The first-order valence-corrected chi connectivity index (χ1v) is 4.40. The SMILES string of the molecule is O=C1C=C(O)C2C1[C@@H]1C=C[C@H]2C1. The maximum absolute atomic E-state index is 11.4. The molecule has 3 aliphatic carbocycles. The van der Waals surface area contributed by atoms with Crippen molar-refractivity contribution in [3.8, 4) is 0 Å². The molecule has 2 bridgehead atoms. The minimum absolute atomic E-state index is 0.0833. The standard InChI is InChI=1S/C10H10O2/c11-7-4-8(12)10-6-2-1-5(3-6)9(7)10/h1-2,4-6,9-11H,3H2/t5-,6+,9?,10?/m0/s1. The van der Waals surface area contributed by atoms with Gasteiger partial charge in [0.1, 0.15) is 5.76 Å². The fraction of sp³-hybridized carbons (Fsp3) is 0.500. The van der Waals surface area contributed by atoms with Crippen LogP contribution in [0.15, 0.2) is 24.0 Å². The molecule has 3 aliphatic rings. The average Bonchev–Trinajstić information content (AvgIpc) is 2.64. The van der Waals surface area contributed by atoms with Gasteiger partial charge in [0.25, 0.3) is 0 Å². The number of carbonyl (C=O) groups is 1. The van der Waals surface area contributed by atoms with Crippen molar-refractivity contribution in [1.29, 1.82) is 0 Å². The molecular weight excluding hydrogens is 152 g/mol. The number of hydrogen-bond acceptors (Lipinski definition) is 2. The Kier molecular flexibility index (Phi) is 0.978. The highest BCUT2D eigenvalue weighted by Crippen LogP contribution is 2.53. The molecule has 1 saturated carbocycles. The molecule has 1 N–H and O–H groups in total. The van der Waals surface area contributed by atoms with Gasteiger partial charge in [0.15, 0.2) is 5.78 Å². The van der Waals surface area contributed by atoms with E-state index in [0.717, 1.165) is 6.42 Å². The first kappa shape index (κ1) is 6.46. The second kappa shape index (κ2) is 1.82. The molecule has 0 saturated heterocycles. The lowest BCUT2D eigenvalue weighted by atomic mass is 9.84. The molecule has 2 unspecified atom stereocenters. The molecule has 62 valence electrons. The first-order chi connectivity index (χ1) is 5.77. The van der Waals surface area contributed by atoms with E-state index in [9.17, 15) is 9.90 Å². The minimum Gasteiger partial charge on any atom is -0.512 e. The number of carbonyl (C=O) groups excluding carboxylic acids is 1. The van der Waals surface area contributed by atoms with E-state index in [1.54, 1.807) is 0 Å². The fourth-order valence-corrected chi connectivity index (χ4v) is 2.95. The van der Waals surface area contributed by atoms with Crippen LogP contribution >= 0.6 is 0 Å². The predicted molar refractivity (Wildman–Crippen MR) is 43.4 cm³/mol. The lowest BCUT2D eigenvalue weighted by molar-refractivity contribution is -0.118. The number of rotatable bonds is 0. The van der Waals surface area contributed by atoms with Crippen LogP contribution in [-0.2, 0) is 4.79 Å². The smallest absolute Gasteiger partial charge is 0.163 e. The maximum atomic E-state index is 11.4. The zero-order valence-corrected chi connectivity index (χ0v) is 6.60. The number of hydrogen-bond donors (Lipinski definition) is 1. The molecule has 0 radical (unpaired) electrons. The van der Waals surface area contributed by atoms with Gasteiger partial charge in [-0.1, -0.05) is 12.2 Å². The van der Waals surface area contributed by atoms with Crippen molar-refractivity contribution in [2.45, 2.75) is 6.42 Å². The van der Waals surface area contributed by atoms with Gasteiger partial charge in [-0.2, -0.15) is 0 Å². The summed E-state index contributed by atoms with van der Waals surface area (Å²) in [6, 6.07) is 0. The zero-order chi connectivity index (χ0) is 8.29. The minimum atomic E-state index is 0.0833. The van der Waals surface area contributed by atoms with E-state index in [0.29, 0.717) is 17.6 Å². The van der Waals surface area contributed by atoms with Gasteiger partial charge in [-0.3, -0.25) is 4.79 Å². The van der Waals surface area contributed by atoms with Crippen LogP contribution in [-0.4, -0.2) is 10.9 Å². The van der Waals surface area contributed by atoms with Crippen LogP contribution in [0.3, 0.4) is 0 Å². The molecule has 0 aromatic carbocycles. The summed E-state index contributed by atoms with van der Waals surface area (Å²) in [6.07, 6.45) is 6.77. The van der Waals surface area contributed by atoms with Crippen LogP contribution in [0.25, 0.3) is 0 Å². The summed E-state index contributed by atoms with van der Waals surface area (Å²) in [7, 11) is 0. The van der Waals surface area contributed by atoms with Gasteiger partial charge in [-0.25, -0.2) is 0 Å². The van der Waals surface area contributed by atoms with Gasteiger partial charge in [0, 0.05) is 17.9 Å². The Morgan fingerprint density at radius 3 is 2.58 bits per heavy atom. The van der Waals surface area contributed by atoms with Crippen molar-refractivity contribution < 1.29 is 9.90 Å². The number of fused-ring (bicyclic) bond motifs is 5. The molecule has 0 aliphatic heterocycles. The van der Waals surface area contributed by atoms with Crippen LogP contribution in [0.5, 0.6) is 0 Å². The first-order valence-electron chi connectivity index (χ1n) is 4.40. The van der Waals surface area contributed by atoms with Crippen LogP contribution < -0.4 is 0 Å². The van der Waals surface area contributed by atoms with E-state index in [4.69, 9.17) is 0 Å². The van der Waals surface area contributed by atoms with Gasteiger partial charge in [0.05, 0.1) is 0 Å². The molecule has 0 aromatic heterocycles. The van der Waals surface area contributed by atoms with Crippen molar-refractivity contribution in [2.75, 3.05) is 0 Å². The molecule has 4 atom stereocenters. The van der Waals surface area contributed by atoms with Crippen molar-refractivity contribution in [3.05, 3.63) is 24.0 Å². The summed E-state index contributed by atoms with van der Waals surface area (Å²) in [5, 5.41) is 9.50. The molecule has 12 heavy (non-hydrogen) atoms. The fourth-order valence-electron chi connectivity index (χ4n) is 2.95. The Morgan fingerprint density at radius 2 is 1.92 bits per heavy atom. The molecule has 0 heterocycles. The lowest BCUT2D eigenvalue weighted by Crippen LogP contribution is -2.21. The molecule has 0 aromatic rings. The number of ketones is 1. The number of aliphatic hydroxyl groups is 1. The average molecular weight is 162 g/mol. The van der Waals surface area contributed by atoms with Gasteiger partial charge in [-0.05, 0) is 18.3 Å². The lowest BCUT2D eigenvalue weighted by Gasteiger charge is -2.19. The number of allylic oxidation sites excluding steroid dienone is 4. The third kappa shape index (κ3) is 0.554. The van der Waals surface area contributed by atoms with Gasteiger partial charge in [-0.15, -0.1) is 0 Å². The number of aliphatic hydroxyl groups excluding tert-OH is 1. The van der Waals surface area contributed by atoms with Crippen molar-refractivity contribution in [1.82, 2.24) is 0 Å².